The molecule has 0 bridgehead atoms. The molecule has 2 atom stereocenters. The Balaban J connectivity index is 1.99. The Morgan fingerprint density at radius 1 is 1.18 bits per heavy atom. The van der Waals surface area contributed by atoms with Crippen molar-refractivity contribution in [1.29, 1.82) is 0 Å². The molecule has 92 valence electrons. The van der Waals surface area contributed by atoms with Gasteiger partial charge in [-0.1, -0.05) is 18.2 Å². The molecule has 0 aromatic heterocycles. The van der Waals surface area contributed by atoms with E-state index in [9.17, 15) is 0 Å². The summed E-state index contributed by atoms with van der Waals surface area (Å²) < 4.78 is 0. The van der Waals surface area contributed by atoms with E-state index in [1.165, 1.54) is 31.2 Å². The minimum atomic E-state index is 0.727. The Morgan fingerprint density at radius 3 is 2.71 bits per heavy atom. The Bertz CT molecular complexity index is 406. The lowest BCUT2D eigenvalue weighted by atomic mass is 9.72. The first kappa shape index (κ1) is 11.3. The van der Waals surface area contributed by atoms with Crippen LogP contribution in [-0.2, 0) is 0 Å². The topological polar surface area (TPSA) is 26.0 Å². The molecular weight excluding hydrogens is 206 g/mol. The van der Waals surface area contributed by atoms with Gasteiger partial charge in [0.25, 0.3) is 0 Å². The fourth-order valence-electron chi connectivity index (χ4n) is 3.72. The van der Waals surface area contributed by atoms with Crippen LogP contribution in [0.2, 0.25) is 0 Å². The molecule has 0 spiro atoms. The third-order valence-electron chi connectivity index (χ3n) is 4.70. The number of nitrogens with two attached hydrogens (primary N) is 1. The molecule has 1 heteroatoms. The van der Waals surface area contributed by atoms with Gasteiger partial charge in [-0.15, -0.1) is 0 Å². The Kier molecular flexibility index (Phi) is 2.96. The summed E-state index contributed by atoms with van der Waals surface area (Å²) in [6, 6.07) is 6.88. The number of rotatable bonds is 3. The van der Waals surface area contributed by atoms with Crippen molar-refractivity contribution in [1.82, 2.24) is 0 Å². The number of aryl methyl sites for hydroxylation is 1. The van der Waals surface area contributed by atoms with Gasteiger partial charge < -0.3 is 5.73 Å². The first-order chi connectivity index (χ1) is 8.31. The van der Waals surface area contributed by atoms with E-state index in [-0.39, 0.29) is 0 Å². The summed E-state index contributed by atoms with van der Waals surface area (Å²) in [7, 11) is 0. The van der Waals surface area contributed by atoms with E-state index in [0.29, 0.717) is 0 Å². The summed E-state index contributed by atoms with van der Waals surface area (Å²) in [5, 5.41) is 0. The molecule has 1 saturated carbocycles. The molecule has 0 radical (unpaired) electrons. The van der Waals surface area contributed by atoms with Gasteiger partial charge in [0.15, 0.2) is 0 Å². The van der Waals surface area contributed by atoms with E-state index in [1.807, 2.05) is 0 Å². The zero-order valence-electron chi connectivity index (χ0n) is 10.8. The van der Waals surface area contributed by atoms with Crippen molar-refractivity contribution in [3.05, 3.63) is 34.9 Å². The van der Waals surface area contributed by atoms with E-state index in [4.69, 9.17) is 5.73 Å². The van der Waals surface area contributed by atoms with E-state index in [0.717, 1.165) is 30.7 Å². The lowest BCUT2D eigenvalue weighted by molar-refractivity contribution is 0.436. The highest BCUT2D eigenvalue weighted by atomic mass is 14.5. The van der Waals surface area contributed by atoms with Gasteiger partial charge in [0.1, 0.15) is 0 Å². The van der Waals surface area contributed by atoms with Crippen molar-refractivity contribution in [2.75, 3.05) is 6.54 Å². The second-order valence-corrected chi connectivity index (χ2v) is 5.87. The third kappa shape index (κ3) is 2.01. The van der Waals surface area contributed by atoms with Crippen LogP contribution in [0.4, 0.5) is 0 Å². The summed E-state index contributed by atoms with van der Waals surface area (Å²) in [5.41, 5.74) is 10.6. The van der Waals surface area contributed by atoms with E-state index >= 15 is 0 Å². The predicted octanol–water partition coefficient (Wildman–Crippen LogP) is 3.71. The second-order valence-electron chi connectivity index (χ2n) is 5.87. The average molecular weight is 229 g/mol. The first-order valence-corrected chi connectivity index (χ1v) is 7.10. The molecule has 1 nitrogen and oxygen atoms in total. The molecule has 1 aromatic carbocycles. The highest BCUT2D eigenvalue weighted by Crippen LogP contribution is 2.52. The maximum absolute atomic E-state index is 5.76. The van der Waals surface area contributed by atoms with Crippen LogP contribution >= 0.6 is 0 Å². The number of fused-ring (bicyclic) bond motifs is 1. The number of benzene rings is 1. The molecule has 0 amide bonds. The Labute approximate surface area is 104 Å². The monoisotopic (exact) mass is 229 g/mol. The van der Waals surface area contributed by atoms with Gasteiger partial charge in [0, 0.05) is 0 Å². The summed E-state index contributed by atoms with van der Waals surface area (Å²) in [6.07, 6.45) is 6.83. The van der Waals surface area contributed by atoms with Gasteiger partial charge >= 0.3 is 0 Å². The van der Waals surface area contributed by atoms with Crippen LogP contribution in [0.1, 0.15) is 60.6 Å². The molecule has 2 aliphatic rings. The minimum Gasteiger partial charge on any atom is -0.330 e. The number of hydrogen-bond donors (Lipinski definition) is 1. The molecule has 0 saturated heterocycles. The van der Waals surface area contributed by atoms with Gasteiger partial charge in [0.05, 0.1) is 0 Å². The van der Waals surface area contributed by atoms with Gasteiger partial charge in [-0.2, -0.15) is 0 Å². The standard InChI is InChI=1S/C16H23N/c1-11-3-2-4-14-13(9-10-17)7-8-15(16(11)14)12-5-6-12/h2-4,12-13,15H,5-10,17H2,1H3. The number of hydrogen-bond acceptors (Lipinski definition) is 1. The van der Waals surface area contributed by atoms with Crippen molar-refractivity contribution in [2.45, 2.75) is 50.9 Å². The van der Waals surface area contributed by atoms with Crippen molar-refractivity contribution >= 4 is 0 Å². The second kappa shape index (κ2) is 4.45. The summed E-state index contributed by atoms with van der Waals surface area (Å²) in [4.78, 5) is 0. The van der Waals surface area contributed by atoms with Gasteiger partial charge in [-0.05, 0) is 80.0 Å². The van der Waals surface area contributed by atoms with Crippen LogP contribution < -0.4 is 5.73 Å². The van der Waals surface area contributed by atoms with Crippen LogP contribution in [0.3, 0.4) is 0 Å². The van der Waals surface area contributed by atoms with Gasteiger partial charge in [0.2, 0.25) is 0 Å². The molecule has 2 aliphatic carbocycles. The van der Waals surface area contributed by atoms with Crippen molar-refractivity contribution < 1.29 is 0 Å². The molecule has 2 unspecified atom stereocenters. The fourth-order valence-corrected chi connectivity index (χ4v) is 3.72. The molecule has 0 heterocycles. The SMILES string of the molecule is Cc1cccc2c1C(C1CC1)CCC2CCN. The first-order valence-electron chi connectivity index (χ1n) is 7.10. The van der Waals surface area contributed by atoms with Crippen LogP contribution in [-0.4, -0.2) is 6.54 Å². The molecule has 1 fully saturated rings. The molecule has 1 aromatic rings. The predicted molar refractivity (Wildman–Crippen MR) is 72.3 cm³/mol. The van der Waals surface area contributed by atoms with Crippen LogP contribution in [0.5, 0.6) is 0 Å². The normalized spacial score (nSPS) is 27.9. The quantitative estimate of drug-likeness (QED) is 0.840. The molecule has 17 heavy (non-hydrogen) atoms. The Hall–Kier alpha value is -0.820. The van der Waals surface area contributed by atoms with Gasteiger partial charge in [-0.3, -0.25) is 0 Å². The zero-order chi connectivity index (χ0) is 11.8. The molecule has 3 rings (SSSR count). The highest BCUT2D eigenvalue weighted by molar-refractivity contribution is 5.42. The van der Waals surface area contributed by atoms with E-state index < -0.39 is 0 Å². The van der Waals surface area contributed by atoms with Crippen molar-refractivity contribution in [3.8, 4) is 0 Å². The third-order valence-corrected chi connectivity index (χ3v) is 4.70. The molecule has 0 aliphatic heterocycles. The van der Waals surface area contributed by atoms with Crippen molar-refractivity contribution in [2.24, 2.45) is 11.7 Å². The maximum atomic E-state index is 5.76. The fraction of sp³-hybridized carbons (Fsp3) is 0.625. The average Bonchev–Trinajstić information content (AvgIpc) is 3.14. The Morgan fingerprint density at radius 2 is 2.00 bits per heavy atom. The maximum Gasteiger partial charge on any atom is -0.00714 e. The highest BCUT2D eigenvalue weighted by Gasteiger charge is 2.37. The lowest BCUT2D eigenvalue weighted by Gasteiger charge is -2.33. The zero-order valence-corrected chi connectivity index (χ0v) is 10.8. The summed E-state index contributed by atoms with van der Waals surface area (Å²) in [5.74, 6) is 2.58. The van der Waals surface area contributed by atoms with Crippen molar-refractivity contribution in [3.63, 3.8) is 0 Å². The van der Waals surface area contributed by atoms with Crippen LogP contribution in [0.15, 0.2) is 18.2 Å². The molecular formula is C16H23N. The minimum absolute atomic E-state index is 0.727. The van der Waals surface area contributed by atoms with E-state index in [1.54, 1.807) is 11.1 Å². The summed E-state index contributed by atoms with van der Waals surface area (Å²) >= 11 is 0. The smallest absolute Gasteiger partial charge is 0.00714 e. The molecule has 2 N–H and O–H groups in total. The largest absolute Gasteiger partial charge is 0.330 e. The van der Waals surface area contributed by atoms with Crippen LogP contribution in [0.25, 0.3) is 0 Å². The van der Waals surface area contributed by atoms with E-state index in [2.05, 4.69) is 25.1 Å². The van der Waals surface area contributed by atoms with Gasteiger partial charge in [-0.25, -0.2) is 0 Å². The summed E-state index contributed by atoms with van der Waals surface area (Å²) in [6.45, 7) is 3.12. The van der Waals surface area contributed by atoms with Crippen LogP contribution in [0, 0.1) is 12.8 Å². The lowest BCUT2D eigenvalue weighted by Crippen LogP contribution is -2.19.